The smallest absolute Gasteiger partial charge is 0.293 e. The van der Waals surface area contributed by atoms with Crippen molar-refractivity contribution in [3.63, 3.8) is 0 Å². The lowest BCUT2D eigenvalue weighted by Crippen LogP contribution is -2.03. The zero-order valence-electron chi connectivity index (χ0n) is 8.75. The molecular formula is C12H9F3OS. The van der Waals surface area contributed by atoms with Crippen LogP contribution < -0.4 is 0 Å². The molecule has 0 amide bonds. The lowest BCUT2D eigenvalue weighted by atomic mass is 10.2. The highest BCUT2D eigenvalue weighted by Gasteiger charge is 2.22. The summed E-state index contributed by atoms with van der Waals surface area (Å²) in [5.74, 6) is 3.15. The van der Waals surface area contributed by atoms with Gasteiger partial charge in [-0.25, -0.2) is 0 Å². The van der Waals surface area contributed by atoms with E-state index in [0.717, 1.165) is 17.7 Å². The maximum atomic E-state index is 11.7. The number of benzene rings is 1. The quantitative estimate of drug-likeness (QED) is 0.469. The van der Waals surface area contributed by atoms with E-state index in [-0.39, 0.29) is 17.3 Å². The summed E-state index contributed by atoms with van der Waals surface area (Å²) in [6.45, 7) is 0. The van der Waals surface area contributed by atoms with E-state index in [1.54, 1.807) is 30.3 Å². The molecule has 1 rings (SSSR count). The van der Waals surface area contributed by atoms with Crippen molar-refractivity contribution in [1.82, 2.24) is 0 Å². The summed E-state index contributed by atoms with van der Waals surface area (Å²) in [5.41, 5.74) is 0.559. The number of hydrogen-bond donors (Lipinski definition) is 0. The molecule has 90 valence electrons. The van der Waals surface area contributed by atoms with Crippen LogP contribution in [0.15, 0.2) is 30.3 Å². The minimum absolute atomic E-state index is 0.00190. The van der Waals surface area contributed by atoms with E-state index in [1.165, 1.54) is 0 Å². The van der Waals surface area contributed by atoms with Crippen molar-refractivity contribution in [1.29, 1.82) is 0 Å². The van der Waals surface area contributed by atoms with Gasteiger partial charge in [-0.15, -0.1) is 11.8 Å². The maximum Gasteiger partial charge on any atom is 0.457 e. The van der Waals surface area contributed by atoms with Gasteiger partial charge < -0.3 is 0 Å². The van der Waals surface area contributed by atoms with Crippen molar-refractivity contribution in [3.8, 4) is 11.8 Å². The summed E-state index contributed by atoms with van der Waals surface area (Å²) in [4.78, 5) is 11.5. The molecule has 0 fully saturated rings. The molecule has 1 aromatic rings. The number of halogens is 3. The summed E-state index contributed by atoms with van der Waals surface area (Å²) in [6, 6.07) is 8.61. The van der Waals surface area contributed by atoms with Gasteiger partial charge in [0.1, 0.15) is 0 Å². The van der Waals surface area contributed by atoms with E-state index in [2.05, 4.69) is 0 Å². The lowest BCUT2D eigenvalue weighted by molar-refractivity contribution is -0.0697. The average Bonchev–Trinajstić information content (AvgIpc) is 2.28. The largest absolute Gasteiger partial charge is 0.457 e. The molecule has 0 saturated carbocycles. The number of alkyl halides is 3. The SMILES string of the molecule is O=C(CSCC#CC(F)(F)F)c1ccccc1. The fraction of sp³-hybridized carbons (Fsp3) is 0.250. The van der Waals surface area contributed by atoms with Crippen LogP contribution in [0.1, 0.15) is 10.4 Å². The molecular weight excluding hydrogens is 249 g/mol. The van der Waals surface area contributed by atoms with Crippen LogP contribution in [0.2, 0.25) is 0 Å². The second-order valence-electron chi connectivity index (χ2n) is 3.08. The minimum atomic E-state index is -4.45. The Morgan fingerprint density at radius 1 is 1.24 bits per heavy atom. The van der Waals surface area contributed by atoms with E-state index >= 15 is 0 Å². The van der Waals surface area contributed by atoms with E-state index in [4.69, 9.17) is 0 Å². The first kappa shape index (κ1) is 13.7. The molecule has 0 bridgehead atoms. The van der Waals surface area contributed by atoms with Gasteiger partial charge in [0.15, 0.2) is 5.78 Å². The molecule has 0 saturated heterocycles. The van der Waals surface area contributed by atoms with Gasteiger partial charge in [0, 0.05) is 11.5 Å². The number of Topliss-reactive ketones (excluding diaryl/α,β-unsaturated/α-hetero) is 1. The van der Waals surface area contributed by atoms with Gasteiger partial charge in [-0.05, 0) is 0 Å². The van der Waals surface area contributed by atoms with Crippen LogP contribution in [0.5, 0.6) is 0 Å². The Labute approximate surface area is 101 Å². The van der Waals surface area contributed by atoms with Gasteiger partial charge in [0.05, 0.1) is 11.5 Å². The number of ketones is 1. The Bertz CT molecular complexity index is 429. The summed E-state index contributed by atoms with van der Waals surface area (Å²) >= 11 is 1.07. The van der Waals surface area contributed by atoms with Crippen LogP contribution >= 0.6 is 11.8 Å². The molecule has 0 radical (unpaired) electrons. The molecule has 0 atom stereocenters. The molecule has 0 heterocycles. The number of thioether (sulfide) groups is 1. The monoisotopic (exact) mass is 258 g/mol. The van der Waals surface area contributed by atoms with Crippen LogP contribution in [-0.2, 0) is 0 Å². The third-order valence-electron chi connectivity index (χ3n) is 1.73. The van der Waals surface area contributed by atoms with Gasteiger partial charge in [-0.1, -0.05) is 36.3 Å². The summed E-state index contributed by atoms with van der Waals surface area (Å²) < 4.78 is 35.0. The fourth-order valence-electron chi connectivity index (χ4n) is 1.04. The van der Waals surface area contributed by atoms with Crippen molar-refractivity contribution in [2.24, 2.45) is 0 Å². The molecule has 1 nitrogen and oxygen atoms in total. The highest BCUT2D eigenvalue weighted by atomic mass is 32.2. The zero-order chi connectivity index (χ0) is 12.7. The first-order valence-corrected chi connectivity index (χ1v) is 5.87. The topological polar surface area (TPSA) is 17.1 Å². The predicted molar refractivity (Wildman–Crippen MR) is 61.9 cm³/mol. The van der Waals surface area contributed by atoms with E-state index in [9.17, 15) is 18.0 Å². The van der Waals surface area contributed by atoms with E-state index in [0.29, 0.717) is 5.56 Å². The number of hydrogen-bond acceptors (Lipinski definition) is 2. The van der Waals surface area contributed by atoms with Crippen LogP contribution in [0, 0.1) is 11.8 Å². The summed E-state index contributed by atoms with van der Waals surface area (Å²) in [6.07, 6.45) is -4.45. The van der Waals surface area contributed by atoms with Crippen LogP contribution in [0.3, 0.4) is 0 Å². The highest BCUT2D eigenvalue weighted by Crippen LogP contribution is 2.12. The van der Waals surface area contributed by atoms with Gasteiger partial charge >= 0.3 is 6.18 Å². The molecule has 0 aliphatic heterocycles. The van der Waals surface area contributed by atoms with E-state index in [1.807, 2.05) is 5.92 Å². The molecule has 5 heteroatoms. The van der Waals surface area contributed by atoms with Crippen molar-refractivity contribution < 1.29 is 18.0 Å². The van der Waals surface area contributed by atoms with Gasteiger partial charge in [-0.3, -0.25) is 4.79 Å². The molecule has 0 N–H and O–H groups in total. The third kappa shape index (κ3) is 6.03. The molecule has 0 aliphatic rings. The number of carbonyl (C=O) groups is 1. The van der Waals surface area contributed by atoms with Crippen LogP contribution in [-0.4, -0.2) is 23.5 Å². The first-order chi connectivity index (χ1) is 7.99. The Hall–Kier alpha value is -1.41. The summed E-state index contributed by atoms with van der Waals surface area (Å²) in [7, 11) is 0. The minimum Gasteiger partial charge on any atom is -0.293 e. The Balaban J connectivity index is 2.33. The fourth-order valence-corrected chi connectivity index (χ4v) is 1.67. The molecule has 17 heavy (non-hydrogen) atoms. The van der Waals surface area contributed by atoms with Crippen LogP contribution in [0.25, 0.3) is 0 Å². The Morgan fingerprint density at radius 3 is 2.47 bits per heavy atom. The molecule has 0 spiro atoms. The second-order valence-corrected chi connectivity index (χ2v) is 4.07. The second kappa shape index (κ2) is 6.36. The predicted octanol–water partition coefficient (Wildman–Crippen LogP) is 3.17. The standard InChI is InChI=1S/C12H9F3OS/c13-12(14,15)7-4-8-17-9-11(16)10-5-2-1-3-6-10/h1-3,5-6H,8-9H2. The Kier molecular flexibility index (Phi) is 5.11. The number of carbonyl (C=O) groups excluding carboxylic acids is 1. The van der Waals surface area contributed by atoms with Crippen molar-refractivity contribution in [2.75, 3.05) is 11.5 Å². The summed E-state index contributed by atoms with van der Waals surface area (Å²) in [5, 5.41) is 0. The lowest BCUT2D eigenvalue weighted by Gasteiger charge is -1.98. The molecule has 0 aromatic heterocycles. The van der Waals surface area contributed by atoms with Crippen LogP contribution in [0.4, 0.5) is 13.2 Å². The van der Waals surface area contributed by atoms with Crippen molar-refractivity contribution in [2.45, 2.75) is 6.18 Å². The highest BCUT2D eigenvalue weighted by molar-refractivity contribution is 8.00. The Morgan fingerprint density at radius 2 is 1.88 bits per heavy atom. The zero-order valence-corrected chi connectivity index (χ0v) is 9.57. The number of rotatable bonds is 4. The first-order valence-electron chi connectivity index (χ1n) is 4.72. The van der Waals surface area contributed by atoms with Gasteiger partial charge in [0.25, 0.3) is 0 Å². The van der Waals surface area contributed by atoms with Crippen molar-refractivity contribution in [3.05, 3.63) is 35.9 Å². The normalized spacial score (nSPS) is 10.5. The van der Waals surface area contributed by atoms with Gasteiger partial charge in [0.2, 0.25) is 0 Å². The molecule has 0 unspecified atom stereocenters. The third-order valence-corrected chi connectivity index (χ3v) is 2.55. The molecule has 1 aromatic carbocycles. The van der Waals surface area contributed by atoms with E-state index < -0.39 is 6.18 Å². The van der Waals surface area contributed by atoms with Gasteiger partial charge in [-0.2, -0.15) is 13.2 Å². The molecule has 0 aliphatic carbocycles. The average molecular weight is 258 g/mol. The van der Waals surface area contributed by atoms with Crippen molar-refractivity contribution >= 4 is 17.5 Å². The maximum absolute atomic E-state index is 11.7.